The second kappa shape index (κ2) is 11.0. The first-order chi connectivity index (χ1) is 13.9. The van der Waals surface area contributed by atoms with Crippen LogP contribution in [0, 0.1) is 0 Å². The van der Waals surface area contributed by atoms with Crippen LogP contribution in [0.2, 0.25) is 0 Å². The summed E-state index contributed by atoms with van der Waals surface area (Å²) in [6.07, 6.45) is 0.00676. The van der Waals surface area contributed by atoms with E-state index in [1.165, 1.54) is 0 Å². The molecule has 0 aliphatic rings. The first-order valence-corrected chi connectivity index (χ1v) is 9.56. The summed E-state index contributed by atoms with van der Waals surface area (Å²) in [5, 5.41) is 25.0. The number of carboxylic acids is 1. The summed E-state index contributed by atoms with van der Waals surface area (Å²) in [6.45, 7) is 1.92. The Balaban J connectivity index is 2.20. The van der Waals surface area contributed by atoms with Gasteiger partial charge in [-0.3, -0.25) is 9.59 Å². The van der Waals surface area contributed by atoms with Crippen molar-refractivity contribution in [1.82, 2.24) is 10.6 Å². The normalized spacial score (nSPS) is 13.7. The Morgan fingerprint density at radius 2 is 1.52 bits per heavy atom. The SMILES string of the molecule is CCCC[C@H](NC(=O)[C@H](O)[C@@H](NC(=O)c1ccccc1)c1ccccc1)C(=O)O. The van der Waals surface area contributed by atoms with Crippen molar-refractivity contribution in [2.24, 2.45) is 0 Å². The summed E-state index contributed by atoms with van der Waals surface area (Å²) >= 11 is 0. The number of carbonyl (C=O) groups is 3. The Morgan fingerprint density at radius 1 is 0.931 bits per heavy atom. The van der Waals surface area contributed by atoms with Gasteiger partial charge in [0.2, 0.25) is 0 Å². The molecule has 0 radical (unpaired) electrons. The van der Waals surface area contributed by atoms with Crippen molar-refractivity contribution >= 4 is 17.8 Å². The third-order valence-electron chi connectivity index (χ3n) is 4.53. The van der Waals surface area contributed by atoms with Crippen LogP contribution in [0.4, 0.5) is 0 Å². The fourth-order valence-corrected chi connectivity index (χ4v) is 2.89. The van der Waals surface area contributed by atoms with Crippen molar-refractivity contribution in [2.75, 3.05) is 0 Å². The number of aliphatic hydroxyl groups is 1. The van der Waals surface area contributed by atoms with Crippen molar-refractivity contribution in [3.63, 3.8) is 0 Å². The molecule has 0 spiro atoms. The van der Waals surface area contributed by atoms with Crippen LogP contribution in [0.1, 0.15) is 48.1 Å². The van der Waals surface area contributed by atoms with Gasteiger partial charge in [-0.2, -0.15) is 0 Å². The second-order valence-corrected chi connectivity index (χ2v) is 6.71. The number of hydrogen-bond donors (Lipinski definition) is 4. The number of hydrogen-bond acceptors (Lipinski definition) is 4. The molecule has 0 aromatic heterocycles. The largest absolute Gasteiger partial charge is 0.480 e. The van der Waals surface area contributed by atoms with E-state index in [9.17, 15) is 24.6 Å². The number of aliphatic carboxylic acids is 1. The van der Waals surface area contributed by atoms with Crippen LogP contribution in [-0.4, -0.2) is 40.1 Å². The van der Waals surface area contributed by atoms with Crippen molar-refractivity contribution in [2.45, 2.75) is 44.4 Å². The Kier molecular flexibility index (Phi) is 8.36. The number of rotatable bonds is 10. The summed E-state index contributed by atoms with van der Waals surface area (Å²) in [5.41, 5.74) is 0.910. The van der Waals surface area contributed by atoms with Gasteiger partial charge >= 0.3 is 5.97 Å². The first kappa shape index (κ1) is 22.1. The van der Waals surface area contributed by atoms with Gasteiger partial charge in [0.15, 0.2) is 6.10 Å². The highest BCUT2D eigenvalue weighted by molar-refractivity contribution is 5.95. The summed E-state index contributed by atoms with van der Waals surface area (Å²) in [6, 6.07) is 14.9. The molecule has 7 nitrogen and oxygen atoms in total. The van der Waals surface area contributed by atoms with Crippen LogP contribution < -0.4 is 10.6 Å². The van der Waals surface area contributed by atoms with Crippen molar-refractivity contribution in [3.8, 4) is 0 Å². The van der Waals surface area contributed by atoms with E-state index in [0.717, 1.165) is 6.42 Å². The number of amides is 2. The molecule has 2 amide bonds. The van der Waals surface area contributed by atoms with E-state index in [4.69, 9.17) is 0 Å². The predicted molar refractivity (Wildman–Crippen MR) is 108 cm³/mol. The number of aliphatic hydroxyl groups excluding tert-OH is 1. The summed E-state index contributed by atoms with van der Waals surface area (Å²) in [7, 11) is 0. The minimum Gasteiger partial charge on any atom is -0.480 e. The molecular formula is C22H26N2O5. The molecule has 154 valence electrons. The molecule has 2 aromatic carbocycles. The lowest BCUT2D eigenvalue weighted by Crippen LogP contribution is -2.50. The Morgan fingerprint density at radius 3 is 2.07 bits per heavy atom. The van der Waals surface area contributed by atoms with E-state index in [1.54, 1.807) is 60.7 Å². The molecule has 4 N–H and O–H groups in total. The molecule has 0 aliphatic heterocycles. The van der Waals surface area contributed by atoms with Gasteiger partial charge in [-0.05, 0) is 24.1 Å². The van der Waals surface area contributed by atoms with Crippen LogP contribution in [0.5, 0.6) is 0 Å². The van der Waals surface area contributed by atoms with E-state index in [-0.39, 0.29) is 6.42 Å². The highest BCUT2D eigenvalue weighted by atomic mass is 16.4. The average molecular weight is 398 g/mol. The lowest BCUT2D eigenvalue weighted by atomic mass is 9.99. The topological polar surface area (TPSA) is 116 Å². The maximum Gasteiger partial charge on any atom is 0.326 e. The van der Waals surface area contributed by atoms with E-state index in [1.807, 2.05) is 6.92 Å². The molecule has 3 atom stereocenters. The number of benzene rings is 2. The standard InChI is InChI=1S/C22H26N2O5/c1-2-3-14-17(22(28)29)23-21(27)19(25)18(15-10-6-4-7-11-15)24-20(26)16-12-8-5-9-13-16/h4-13,17-19,25H,2-3,14H2,1H3,(H,23,27)(H,24,26)(H,28,29)/t17-,18-,19+/m0/s1. The third-order valence-corrected chi connectivity index (χ3v) is 4.53. The Labute approximate surface area is 169 Å². The van der Waals surface area contributed by atoms with Crippen LogP contribution in [0.15, 0.2) is 60.7 Å². The van der Waals surface area contributed by atoms with Gasteiger partial charge in [-0.1, -0.05) is 68.3 Å². The predicted octanol–water partition coefficient (Wildman–Crippen LogP) is 2.28. The first-order valence-electron chi connectivity index (χ1n) is 9.56. The molecule has 0 fully saturated rings. The van der Waals surface area contributed by atoms with Crippen molar-refractivity contribution in [3.05, 3.63) is 71.8 Å². The molecule has 0 saturated heterocycles. The van der Waals surface area contributed by atoms with Crippen LogP contribution >= 0.6 is 0 Å². The highest BCUT2D eigenvalue weighted by Gasteiger charge is 2.31. The fraction of sp³-hybridized carbons (Fsp3) is 0.318. The zero-order valence-electron chi connectivity index (χ0n) is 16.2. The van der Waals surface area contributed by atoms with Gasteiger partial charge in [0, 0.05) is 5.56 Å². The zero-order chi connectivity index (χ0) is 21.2. The summed E-state index contributed by atoms with van der Waals surface area (Å²) in [5.74, 6) is -2.47. The number of unbranched alkanes of at least 4 members (excludes halogenated alkanes) is 1. The molecule has 2 aromatic rings. The van der Waals surface area contributed by atoms with Crippen molar-refractivity contribution in [1.29, 1.82) is 0 Å². The molecule has 0 aliphatic carbocycles. The quantitative estimate of drug-likeness (QED) is 0.490. The average Bonchev–Trinajstić information content (AvgIpc) is 2.75. The molecule has 29 heavy (non-hydrogen) atoms. The Hall–Kier alpha value is -3.19. The van der Waals surface area contributed by atoms with Gasteiger partial charge in [0.05, 0.1) is 6.04 Å². The molecule has 0 heterocycles. The highest BCUT2D eigenvalue weighted by Crippen LogP contribution is 2.19. The molecule has 0 bridgehead atoms. The molecular weight excluding hydrogens is 372 g/mol. The Bertz CT molecular complexity index is 810. The number of carboxylic acid groups (broad SMARTS) is 1. The van der Waals surface area contributed by atoms with Gasteiger partial charge < -0.3 is 20.8 Å². The van der Waals surface area contributed by atoms with Crippen molar-refractivity contribution < 1.29 is 24.6 Å². The lowest BCUT2D eigenvalue weighted by Gasteiger charge is -2.25. The maximum atomic E-state index is 12.6. The van der Waals surface area contributed by atoms with E-state index in [0.29, 0.717) is 17.5 Å². The minimum absolute atomic E-state index is 0.261. The minimum atomic E-state index is -1.66. The number of nitrogens with one attached hydrogen (secondary N) is 2. The van der Waals surface area contributed by atoms with Gasteiger partial charge in [0.1, 0.15) is 6.04 Å². The van der Waals surface area contributed by atoms with Gasteiger partial charge in [0.25, 0.3) is 11.8 Å². The smallest absolute Gasteiger partial charge is 0.326 e. The molecule has 2 rings (SSSR count). The fourth-order valence-electron chi connectivity index (χ4n) is 2.89. The van der Waals surface area contributed by atoms with Gasteiger partial charge in [-0.15, -0.1) is 0 Å². The van der Waals surface area contributed by atoms with E-state index < -0.39 is 36.0 Å². The second-order valence-electron chi connectivity index (χ2n) is 6.71. The summed E-state index contributed by atoms with van der Waals surface area (Å²) in [4.78, 5) is 36.6. The maximum absolute atomic E-state index is 12.6. The monoisotopic (exact) mass is 398 g/mol. The summed E-state index contributed by atoms with van der Waals surface area (Å²) < 4.78 is 0. The van der Waals surface area contributed by atoms with Crippen LogP contribution in [0.3, 0.4) is 0 Å². The zero-order valence-corrected chi connectivity index (χ0v) is 16.2. The molecule has 7 heteroatoms. The van der Waals surface area contributed by atoms with Gasteiger partial charge in [-0.25, -0.2) is 4.79 Å². The molecule has 0 unspecified atom stereocenters. The van der Waals surface area contributed by atoms with E-state index >= 15 is 0 Å². The van der Waals surface area contributed by atoms with E-state index in [2.05, 4.69) is 10.6 Å². The third kappa shape index (κ3) is 6.43. The van der Waals surface area contributed by atoms with Crippen LogP contribution in [0.25, 0.3) is 0 Å². The number of carbonyl (C=O) groups excluding carboxylic acids is 2. The molecule has 0 saturated carbocycles. The lowest BCUT2D eigenvalue weighted by molar-refractivity contribution is -0.144. The van der Waals surface area contributed by atoms with Crippen LogP contribution in [-0.2, 0) is 9.59 Å².